The lowest BCUT2D eigenvalue weighted by molar-refractivity contribution is 1.19. The van der Waals surface area contributed by atoms with Crippen LogP contribution in [0.5, 0.6) is 0 Å². The topological polar surface area (TPSA) is 64.7 Å². The molecule has 84 valence electrons. The maximum atomic E-state index is 5.61. The van der Waals surface area contributed by atoms with Gasteiger partial charge in [0, 0.05) is 17.8 Å². The van der Waals surface area contributed by atoms with Crippen LogP contribution < -0.4 is 5.73 Å². The molecule has 0 atom stereocenters. The van der Waals surface area contributed by atoms with E-state index >= 15 is 0 Å². The fourth-order valence-electron chi connectivity index (χ4n) is 1.80. The van der Waals surface area contributed by atoms with Crippen LogP contribution >= 0.6 is 11.3 Å². The Morgan fingerprint density at radius 3 is 2.82 bits per heavy atom. The third kappa shape index (κ3) is 1.64. The summed E-state index contributed by atoms with van der Waals surface area (Å²) in [6.07, 6.45) is 3.48. The van der Waals surface area contributed by atoms with Gasteiger partial charge in [0.05, 0.1) is 10.6 Å². The SMILES string of the molecule is Cc1c(-c2ccnc(N)n2)sc2ncccc12. The molecule has 0 fully saturated rings. The minimum Gasteiger partial charge on any atom is -0.368 e. The largest absolute Gasteiger partial charge is 0.368 e. The Kier molecular flexibility index (Phi) is 2.26. The average molecular weight is 242 g/mol. The van der Waals surface area contributed by atoms with E-state index in [2.05, 4.69) is 27.9 Å². The molecule has 2 N–H and O–H groups in total. The maximum Gasteiger partial charge on any atom is 0.220 e. The highest BCUT2D eigenvalue weighted by Crippen LogP contribution is 2.35. The van der Waals surface area contributed by atoms with Crippen molar-refractivity contribution in [2.45, 2.75) is 6.92 Å². The number of rotatable bonds is 1. The number of fused-ring (bicyclic) bond motifs is 1. The molecule has 0 aromatic carbocycles. The monoisotopic (exact) mass is 242 g/mol. The Bertz CT molecular complexity index is 690. The predicted octanol–water partition coefficient (Wildman–Crippen LogP) is 2.64. The number of hydrogen-bond donors (Lipinski definition) is 1. The van der Waals surface area contributed by atoms with Crippen molar-refractivity contribution in [1.82, 2.24) is 15.0 Å². The number of nitrogens with two attached hydrogens (primary N) is 1. The van der Waals surface area contributed by atoms with Crippen LogP contribution in [0, 0.1) is 6.92 Å². The highest BCUT2D eigenvalue weighted by Gasteiger charge is 2.11. The highest BCUT2D eigenvalue weighted by atomic mass is 32.1. The van der Waals surface area contributed by atoms with Crippen LogP contribution in [-0.2, 0) is 0 Å². The van der Waals surface area contributed by atoms with E-state index in [0.717, 1.165) is 15.4 Å². The number of thiophene rings is 1. The number of anilines is 1. The Morgan fingerprint density at radius 2 is 2.06 bits per heavy atom. The highest BCUT2D eigenvalue weighted by molar-refractivity contribution is 7.22. The van der Waals surface area contributed by atoms with Gasteiger partial charge in [-0.25, -0.2) is 15.0 Å². The molecular formula is C12H10N4S. The second kappa shape index (κ2) is 3.78. The molecule has 0 spiro atoms. The summed E-state index contributed by atoms with van der Waals surface area (Å²) in [7, 11) is 0. The minimum absolute atomic E-state index is 0.298. The number of hydrogen-bond acceptors (Lipinski definition) is 5. The summed E-state index contributed by atoms with van der Waals surface area (Å²) in [6, 6.07) is 5.89. The third-order valence-corrected chi connectivity index (χ3v) is 3.86. The van der Waals surface area contributed by atoms with Crippen LogP contribution in [0.3, 0.4) is 0 Å². The van der Waals surface area contributed by atoms with Crippen LogP contribution in [0.2, 0.25) is 0 Å². The molecule has 5 heteroatoms. The second-order valence-corrected chi connectivity index (χ2v) is 4.71. The molecule has 3 aromatic rings. The first kappa shape index (κ1) is 10.2. The lowest BCUT2D eigenvalue weighted by Gasteiger charge is -1.99. The first-order valence-electron chi connectivity index (χ1n) is 5.19. The second-order valence-electron chi connectivity index (χ2n) is 3.71. The van der Waals surface area contributed by atoms with Crippen molar-refractivity contribution in [2.24, 2.45) is 0 Å². The van der Waals surface area contributed by atoms with Gasteiger partial charge in [0.1, 0.15) is 4.83 Å². The number of nitrogen functional groups attached to an aromatic ring is 1. The quantitative estimate of drug-likeness (QED) is 0.712. The van der Waals surface area contributed by atoms with E-state index in [-0.39, 0.29) is 0 Å². The molecule has 3 aromatic heterocycles. The van der Waals surface area contributed by atoms with E-state index in [1.54, 1.807) is 23.7 Å². The summed E-state index contributed by atoms with van der Waals surface area (Å²) in [6.45, 7) is 2.08. The van der Waals surface area contributed by atoms with Crippen molar-refractivity contribution in [3.05, 3.63) is 36.2 Å². The van der Waals surface area contributed by atoms with Crippen LogP contribution in [0.4, 0.5) is 5.95 Å². The predicted molar refractivity (Wildman–Crippen MR) is 69.8 cm³/mol. The normalized spacial score (nSPS) is 10.9. The standard InChI is InChI=1S/C12H10N4S/c1-7-8-3-2-5-14-11(8)17-10(7)9-4-6-15-12(13)16-9/h2-6H,1H3,(H2,13,15,16). The van der Waals surface area contributed by atoms with Gasteiger partial charge in [-0.05, 0) is 24.6 Å². The zero-order chi connectivity index (χ0) is 11.8. The van der Waals surface area contributed by atoms with E-state index in [4.69, 9.17) is 5.73 Å². The lowest BCUT2D eigenvalue weighted by Crippen LogP contribution is -1.94. The Labute approximate surface area is 102 Å². The molecule has 0 saturated carbocycles. The number of aryl methyl sites for hydroxylation is 1. The van der Waals surface area contributed by atoms with Gasteiger partial charge in [0.25, 0.3) is 0 Å². The minimum atomic E-state index is 0.298. The van der Waals surface area contributed by atoms with Crippen LogP contribution in [0.15, 0.2) is 30.6 Å². The van der Waals surface area contributed by atoms with E-state index in [0.29, 0.717) is 5.95 Å². The fraction of sp³-hybridized carbons (Fsp3) is 0.0833. The fourth-order valence-corrected chi connectivity index (χ4v) is 2.92. The first-order chi connectivity index (χ1) is 8.25. The van der Waals surface area contributed by atoms with Crippen molar-refractivity contribution in [3.8, 4) is 10.6 Å². The van der Waals surface area contributed by atoms with E-state index < -0.39 is 0 Å². The van der Waals surface area contributed by atoms with Gasteiger partial charge in [-0.2, -0.15) is 0 Å². The molecular weight excluding hydrogens is 232 g/mol. The van der Waals surface area contributed by atoms with Crippen LogP contribution in [-0.4, -0.2) is 15.0 Å². The van der Waals surface area contributed by atoms with Crippen LogP contribution in [0.1, 0.15) is 5.56 Å². The third-order valence-electron chi connectivity index (χ3n) is 2.62. The van der Waals surface area contributed by atoms with E-state index in [1.807, 2.05) is 12.1 Å². The zero-order valence-corrected chi connectivity index (χ0v) is 10.0. The molecule has 0 saturated heterocycles. The summed E-state index contributed by atoms with van der Waals surface area (Å²) < 4.78 is 0. The number of aromatic nitrogens is 3. The summed E-state index contributed by atoms with van der Waals surface area (Å²) >= 11 is 1.63. The summed E-state index contributed by atoms with van der Waals surface area (Å²) in [5, 5.41) is 1.17. The number of nitrogens with zero attached hydrogens (tertiary/aromatic N) is 3. The van der Waals surface area contributed by atoms with Crippen molar-refractivity contribution < 1.29 is 0 Å². The molecule has 4 nitrogen and oxygen atoms in total. The molecule has 3 rings (SSSR count). The smallest absolute Gasteiger partial charge is 0.220 e. The first-order valence-corrected chi connectivity index (χ1v) is 6.00. The molecule has 0 aliphatic heterocycles. The van der Waals surface area contributed by atoms with E-state index in [1.165, 1.54) is 10.9 Å². The number of pyridine rings is 1. The van der Waals surface area contributed by atoms with Crippen molar-refractivity contribution >= 4 is 27.5 Å². The van der Waals surface area contributed by atoms with Crippen molar-refractivity contribution in [2.75, 3.05) is 5.73 Å². The van der Waals surface area contributed by atoms with Gasteiger partial charge in [-0.1, -0.05) is 6.07 Å². The molecule has 0 unspecified atom stereocenters. The van der Waals surface area contributed by atoms with Gasteiger partial charge in [-0.15, -0.1) is 11.3 Å². The van der Waals surface area contributed by atoms with Crippen molar-refractivity contribution in [1.29, 1.82) is 0 Å². The van der Waals surface area contributed by atoms with Gasteiger partial charge in [0.2, 0.25) is 5.95 Å². The lowest BCUT2D eigenvalue weighted by atomic mass is 10.1. The maximum absolute atomic E-state index is 5.61. The van der Waals surface area contributed by atoms with Crippen molar-refractivity contribution in [3.63, 3.8) is 0 Å². The Morgan fingerprint density at radius 1 is 1.18 bits per heavy atom. The summed E-state index contributed by atoms with van der Waals surface area (Å²) in [5.41, 5.74) is 7.66. The molecule has 0 aliphatic rings. The van der Waals surface area contributed by atoms with Gasteiger partial charge in [0.15, 0.2) is 0 Å². The Balaban J connectivity index is 2.27. The zero-order valence-electron chi connectivity index (χ0n) is 9.21. The molecule has 0 aliphatic carbocycles. The van der Waals surface area contributed by atoms with Gasteiger partial charge < -0.3 is 5.73 Å². The van der Waals surface area contributed by atoms with Gasteiger partial charge in [-0.3, -0.25) is 0 Å². The molecule has 0 bridgehead atoms. The molecule has 0 radical (unpaired) electrons. The summed E-state index contributed by atoms with van der Waals surface area (Å²) in [4.78, 5) is 14.6. The average Bonchev–Trinajstić information content (AvgIpc) is 2.68. The molecule has 3 heterocycles. The van der Waals surface area contributed by atoms with Crippen LogP contribution in [0.25, 0.3) is 20.8 Å². The Hall–Kier alpha value is -2.01. The molecule has 0 amide bonds. The van der Waals surface area contributed by atoms with E-state index in [9.17, 15) is 0 Å². The van der Waals surface area contributed by atoms with Gasteiger partial charge >= 0.3 is 0 Å². The summed E-state index contributed by atoms with van der Waals surface area (Å²) in [5.74, 6) is 0.298. The molecule has 17 heavy (non-hydrogen) atoms.